The predicted molar refractivity (Wildman–Crippen MR) is 147 cm³/mol. The van der Waals surface area contributed by atoms with E-state index >= 15 is 0 Å². The Bertz CT molecular complexity index is 2010. The monoisotopic (exact) mass is 447 g/mol. The molecule has 8 aromatic rings. The fraction of sp³-hybridized carbons (Fsp3) is 0. The molecule has 5 aromatic carbocycles. The lowest BCUT2D eigenvalue weighted by atomic mass is 10.1. The maximum atomic E-state index is 3.70. The molecule has 35 heavy (non-hydrogen) atoms. The highest BCUT2D eigenvalue weighted by molar-refractivity contribution is 6.21. The van der Waals surface area contributed by atoms with Crippen molar-refractivity contribution in [3.63, 3.8) is 0 Å². The minimum Gasteiger partial charge on any atom is -0.340 e. The Kier molecular flexibility index (Phi) is 3.66. The summed E-state index contributed by atoms with van der Waals surface area (Å²) < 4.78 is 4.74. The van der Waals surface area contributed by atoms with Crippen LogP contribution in [0.25, 0.3) is 66.0 Å². The zero-order chi connectivity index (χ0) is 22.9. The number of aromatic amines is 1. The Morgan fingerprint density at radius 1 is 0.429 bits per heavy atom. The molecule has 0 aliphatic carbocycles. The lowest BCUT2D eigenvalue weighted by Gasteiger charge is -2.12. The van der Waals surface area contributed by atoms with Crippen molar-refractivity contribution in [1.29, 1.82) is 0 Å². The molecule has 0 amide bonds. The molecule has 0 atom stereocenters. The number of para-hydroxylation sites is 4. The van der Waals surface area contributed by atoms with Crippen LogP contribution in [0.4, 0.5) is 0 Å². The van der Waals surface area contributed by atoms with Crippen LogP contribution in [0.5, 0.6) is 0 Å². The van der Waals surface area contributed by atoms with Crippen LogP contribution in [-0.4, -0.2) is 14.1 Å². The topological polar surface area (TPSA) is 25.6 Å². The fourth-order valence-electron chi connectivity index (χ4n) is 5.81. The van der Waals surface area contributed by atoms with E-state index in [9.17, 15) is 0 Å². The van der Waals surface area contributed by atoms with Gasteiger partial charge in [-0.3, -0.25) is 4.57 Å². The van der Waals surface area contributed by atoms with Gasteiger partial charge in [0.15, 0.2) is 0 Å². The Morgan fingerprint density at radius 3 is 1.63 bits per heavy atom. The molecule has 0 saturated carbocycles. The number of nitrogens with one attached hydrogen (secondary N) is 1. The molecule has 164 valence electrons. The lowest BCUT2D eigenvalue weighted by molar-refractivity contribution is 1.12. The zero-order valence-electron chi connectivity index (χ0n) is 18.9. The summed E-state index contributed by atoms with van der Waals surface area (Å²) in [5.74, 6) is 0. The van der Waals surface area contributed by atoms with Crippen LogP contribution in [0.1, 0.15) is 0 Å². The van der Waals surface area contributed by atoms with Gasteiger partial charge in [-0.15, -0.1) is 0 Å². The highest BCUT2D eigenvalue weighted by Gasteiger charge is 2.18. The van der Waals surface area contributed by atoms with Gasteiger partial charge in [0.2, 0.25) is 0 Å². The zero-order valence-corrected chi connectivity index (χ0v) is 18.9. The highest BCUT2D eigenvalue weighted by Crippen LogP contribution is 2.38. The first-order valence-corrected chi connectivity index (χ1v) is 12.0. The molecule has 0 fully saturated rings. The highest BCUT2D eigenvalue weighted by atomic mass is 15.1. The van der Waals surface area contributed by atoms with Gasteiger partial charge in [0, 0.05) is 43.8 Å². The van der Waals surface area contributed by atoms with E-state index in [1.54, 1.807) is 0 Å². The van der Waals surface area contributed by atoms with E-state index in [0.717, 1.165) is 22.5 Å². The van der Waals surface area contributed by atoms with Crippen molar-refractivity contribution in [2.75, 3.05) is 0 Å². The normalized spacial score (nSPS) is 12.0. The minimum atomic E-state index is 1.13. The van der Waals surface area contributed by atoms with Gasteiger partial charge < -0.3 is 9.55 Å². The van der Waals surface area contributed by atoms with Crippen molar-refractivity contribution in [3.05, 3.63) is 121 Å². The number of fused-ring (bicyclic) bond motifs is 8. The smallest absolute Gasteiger partial charge is 0.124 e. The van der Waals surface area contributed by atoms with Crippen LogP contribution >= 0.6 is 0 Å². The Balaban J connectivity index is 1.46. The molecule has 3 heteroatoms. The molecular weight excluding hydrogens is 426 g/mol. The van der Waals surface area contributed by atoms with Gasteiger partial charge in [-0.2, -0.15) is 0 Å². The second-order valence-corrected chi connectivity index (χ2v) is 9.14. The third kappa shape index (κ3) is 2.50. The van der Waals surface area contributed by atoms with E-state index in [-0.39, 0.29) is 0 Å². The second-order valence-electron chi connectivity index (χ2n) is 9.14. The van der Waals surface area contributed by atoms with Crippen molar-refractivity contribution < 1.29 is 0 Å². The largest absolute Gasteiger partial charge is 0.340 e. The SMILES string of the molecule is c1cc(-n2c3ccccc3c3ccccc32)cc(-n2c3ccccc3c3c4ccccc4[nH]c32)c1. The number of H-pyrrole nitrogens is 1. The summed E-state index contributed by atoms with van der Waals surface area (Å²) in [6, 6.07) is 43.5. The Labute approximate surface area is 201 Å². The number of hydrogen-bond donors (Lipinski definition) is 1. The van der Waals surface area contributed by atoms with Gasteiger partial charge in [-0.05, 0) is 42.5 Å². The van der Waals surface area contributed by atoms with Crippen LogP contribution in [0.2, 0.25) is 0 Å². The van der Waals surface area contributed by atoms with Gasteiger partial charge in [0.05, 0.1) is 16.6 Å². The van der Waals surface area contributed by atoms with Gasteiger partial charge >= 0.3 is 0 Å². The third-order valence-electron chi connectivity index (χ3n) is 7.25. The van der Waals surface area contributed by atoms with E-state index in [4.69, 9.17) is 0 Å². The minimum absolute atomic E-state index is 1.13. The van der Waals surface area contributed by atoms with Crippen molar-refractivity contribution in [2.24, 2.45) is 0 Å². The number of nitrogens with zero attached hydrogens (tertiary/aromatic N) is 2. The fourth-order valence-corrected chi connectivity index (χ4v) is 5.81. The standard InChI is InChI=1S/C32H21N3/c1-5-16-27-25(14-1)31-26-15-4-8-19-30(26)35(32(31)33-27)22-11-9-10-21(20-22)34-28-17-6-2-12-23(28)24-13-3-7-18-29(24)34/h1-20,33H. The summed E-state index contributed by atoms with van der Waals surface area (Å²) in [6.07, 6.45) is 0. The van der Waals surface area contributed by atoms with Gasteiger partial charge in [0.25, 0.3) is 0 Å². The van der Waals surface area contributed by atoms with Crippen molar-refractivity contribution in [3.8, 4) is 11.4 Å². The van der Waals surface area contributed by atoms with E-state index < -0.39 is 0 Å². The molecule has 0 aliphatic heterocycles. The Morgan fingerprint density at radius 2 is 0.943 bits per heavy atom. The third-order valence-corrected chi connectivity index (χ3v) is 7.25. The average molecular weight is 448 g/mol. The Hall–Kier alpha value is -4.76. The number of aromatic nitrogens is 3. The first-order chi connectivity index (χ1) is 17.4. The summed E-state index contributed by atoms with van der Waals surface area (Å²) in [4.78, 5) is 3.70. The molecule has 0 saturated heterocycles. The molecule has 3 aromatic heterocycles. The van der Waals surface area contributed by atoms with Crippen LogP contribution < -0.4 is 0 Å². The summed E-state index contributed by atoms with van der Waals surface area (Å²) in [7, 11) is 0. The van der Waals surface area contributed by atoms with Gasteiger partial charge in [0.1, 0.15) is 5.65 Å². The molecule has 3 nitrogen and oxygen atoms in total. The summed E-state index contributed by atoms with van der Waals surface area (Å²) in [6.45, 7) is 0. The summed E-state index contributed by atoms with van der Waals surface area (Å²) in [5, 5.41) is 6.35. The number of rotatable bonds is 2. The van der Waals surface area contributed by atoms with Crippen molar-refractivity contribution in [2.45, 2.75) is 0 Å². The van der Waals surface area contributed by atoms with E-state index in [2.05, 4.69) is 135 Å². The molecule has 0 aliphatic rings. The van der Waals surface area contributed by atoms with E-state index in [0.29, 0.717) is 0 Å². The number of hydrogen-bond acceptors (Lipinski definition) is 0. The maximum absolute atomic E-state index is 3.70. The molecular formula is C32H21N3. The van der Waals surface area contributed by atoms with Gasteiger partial charge in [-0.25, -0.2) is 0 Å². The van der Waals surface area contributed by atoms with Crippen molar-refractivity contribution >= 4 is 54.6 Å². The predicted octanol–water partition coefficient (Wildman–Crippen LogP) is 8.36. The molecule has 8 rings (SSSR count). The van der Waals surface area contributed by atoms with Gasteiger partial charge in [-0.1, -0.05) is 78.9 Å². The molecule has 0 radical (unpaired) electrons. The second kappa shape index (κ2) is 6.87. The van der Waals surface area contributed by atoms with Crippen LogP contribution in [0, 0.1) is 0 Å². The molecule has 0 bridgehead atoms. The first kappa shape index (κ1) is 18.6. The summed E-state index contributed by atoms with van der Waals surface area (Å²) >= 11 is 0. The van der Waals surface area contributed by atoms with E-state index in [1.807, 2.05) is 0 Å². The summed E-state index contributed by atoms with van der Waals surface area (Å²) in [5.41, 5.74) is 8.24. The lowest BCUT2D eigenvalue weighted by Crippen LogP contribution is -1.98. The van der Waals surface area contributed by atoms with Crippen LogP contribution in [-0.2, 0) is 0 Å². The molecule has 3 heterocycles. The number of benzene rings is 5. The molecule has 0 unspecified atom stereocenters. The first-order valence-electron chi connectivity index (χ1n) is 12.0. The quantitative estimate of drug-likeness (QED) is 0.275. The van der Waals surface area contributed by atoms with Crippen molar-refractivity contribution in [1.82, 2.24) is 14.1 Å². The maximum Gasteiger partial charge on any atom is 0.124 e. The van der Waals surface area contributed by atoms with Crippen LogP contribution in [0.3, 0.4) is 0 Å². The van der Waals surface area contributed by atoms with Crippen LogP contribution in [0.15, 0.2) is 121 Å². The molecule has 0 spiro atoms. The molecule has 1 N–H and O–H groups in total. The average Bonchev–Trinajstić information content (AvgIpc) is 3.55. The van der Waals surface area contributed by atoms with E-state index in [1.165, 1.54) is 43.5 Å².